The lowest BCUT2D eigenvalue weighted by atomic mass is 9.94. The van der Waals surface area contributed by atoms with Crippen LogP contribution in [0.3, 0.4) is 0 Å². The summed E-state index contributed by atoms with van der Waals surface area (Å²) in [6, 6.07) is 0. The predicted molar refractivity (Wildman–Crippen MR) is 41.0 cm³/mol. The van der Waals surface area contributed by atoms with Crippen LogP contribution in [0.1, 0.15) is 19.3 Å². The van der Waals surface area contributed by atoms with Gasteiger partial charge < -0.3 is 0 Å². The number of halogens is 5. The van der Waals surface area contributed by atoms with Crippen molar-refractivity contribution in [1.82, 2.24) is 0 Å². The molecule has 0 nitrogen and oxygen atoms in total. The van der Waals surface area contributed by atoms with Crippen molar-refractivity contribution in [3.63, 3.8) is 0 Å². The Hall–Kier alpha value is 0.200. The standard InChI is InChI=1S/C7H9BrF4/c8-4-5-2-1-3-6(5,9)7(10,11)12/h5H,1-4H2. The summed E-state index contributed by atoms with van der Waals surface area (Å²) in [5.74, 6) is -0.905. The molecule has 5 heteroatoms. The number of rotatable bonds is 1. The molecule has 0 aliphatic heterocycles. The average molecular weight is 249 g/mol. The molecule has 0 aromatic carbocycles. The van der Waals surface area contributed by atoms with Crippen molar-refractivity contribution in [3.8, 4) is 0 Å². The highest BCUT2D eigenvalue weighted by Crippen LogP contribution is 2.50. The summed E-state index contributed by atoms with van der Waals surface area (Å²) in [7, 11) is 0. The van der Waals surface area contributed by atoms with Crippen molar-refractivity contribution in [2.45, 2.75) is 31.1 Å². The molecule has 12 heavy (non-hydrogen) atoms. The minimum atomic E-state index is -4.71. The molecule has 0 N–H and O–H groups in total. The Bertz CT molecular complexity index is 167. The Balaban J connectivity index is 2.82. The van der Waals surface area contributed by atoms with Gasteiger partial charge in [-0.25, -0.2) is 4.39 Å². The third-order valence-electron chi connectivity index (χ3n) is 2.40. The molecule has 1 aliphatic carbocycles. The largest absolute Gasteiger partial charge is 0.422 e. The Morgan fingerprint density at radius 2 is 2.00 bits per heavy atom. The first-order valence-electron chi connectivity index (χ1n) is 3.73. The number of hydrogen-bond donors (Lipinski definition) is 0. The van der Waals surface area contributed by atoms with Gasteiger partial charge >= 0.3 is 6.18 Å². The van der Waals surface area contributed by atoms with Crippen LogP contribution in [0.15, 0.2) is 0 Å². The van der Waals surface area contributed by atoms with Crippen molar-refractivity contribution < 1.29 is 17.6 Å². The fourth-order valence-corrected chi connectivity index (χ4v) is 2.45. The van der Waals surface area contributed by atoms with Gasteiger partial charge in [-0.3, -0.25) is 0 Å². The molecular formula is C7H9BrF4. The molecule has 2 atom stereocenters. The molecule has 1 aliphatic rings. The zero-order valence-electron chi connectivity index (χ0n) is 6.30. The van der Waals surface area contributed by atoms with E-state index in [4.69, 9.17) is 0 Å². The molecule has 0 radical (unpaired) electrons. The van der Waals surface area contributed by atoms with Gasteiger partial charge in [-0.05, 0) is 19.3 Å². The smallest absolute Gasteiger partial charge is 0.234 e. The van der Waals surface area contributed by atoms with Crippen LogP contribution in [-0.4, -0.2) is 17.2 Å². The Labute approximate surface area is 76.5 Å². The quantitative estimate of drug-likeness (QED) is 0.493. The normalized spacial score (nSPS) is 37.2. The second kappa shape index (κ2) is 3.16. The molecular weight excluding hydrogens is 240 g/mol. The van der Waals surface area contributed by atoms with Gasteiger partial charge in [0.25, 0.3) is 0 Å². The highest BCUT2D eigenvalue weighted by Gasteiger charge is 2.61. The number of alkyl halides is 5. The third kappa shape index (κ3) is 1.47. The highest BCUT2D eigenvalue weighted by atomic mass is 79.9. The van der Waals surface area contributed by atoms with Crippen LogP contribution >= 0.6 is 15.9 Å². The fourth-order valence-electron chi connectivity index (χ4n) is 1.61. The predicted octanol–water partition coefficient (Wildman–Crippen LogP) is 3.45. The molecule has 0 bridgehead atoms. The van der Waals surface area contributed by atoms with Gasteiger partial charge in [0.1, 0.15) is 0 Å². The second-order valence-electron chi connectivity index (χ2n) is 3.10. The zero-order valence-corrected chi connectivity index (χ0v) is 7.88. The Morgan fingerprint density at radius 1 is 1.42 bits per heavy atom. The lowest BCUT2D eigenvalue weighted by molar-refractivity contribution is -0.239. The first-order chi connectivity index (χ1) is 5.42. The minimum Gasteiger partial charge on any atom is -0.234 e. The summed E-state index contributed by atoms with van der Waals surface area (Å²) in [6.45, 7) is 0. The van der Waals surface area contributed by atoms with Gasteiger partial charge in [-0.15, -0.1) is 0 Å². The van der Waals surface area contributed by atoms with Gasteiger partial charge in [0, 0.05) is 11.2 Å². The maximum absolute atomic E-state index is 13.3. The van der Waals surface area contributed by atoms with E-state index in [0.29, 0.717) is 12.8 Å². The summed E-state index contributed by atoms with van der Waals surface area (Å²) in [6.07, 6.45) is -4.44. The van der Waals surface area contributed by atoms with Crippen LogP contribution in [0, 0.1) is 5.92 Å². The molecule has 1 saturated carbocycles. The van der Waals surface area contributed by atoms with Crippen LogP contribution in [0.4, 0.5) is 17.6 Å². The maximum atomic E-state index is 13.3. The fraction of sp³-hybridized carbons (Fsp3) is 1.00. The van der Waals surface area contributed by atoms with E-state index in [1.165, 1.54) is 0 Å². The van der Waals surface area contributed by atoms with Gasteiger partial charge in [0.15, 0.2) is 0 Å². The van der Waals surface area contributed by atoms with E-state index in [2.05, 4.69) is 15.9 Å². The first kappa shape index (κ1) is 10.3. The SMILES string of the molecule is FC(F)(F)C1(F)CCCC1CBr. The van der Waals surface area contributed by atoms with Crippen LogP contribution in [-0.2, 0) is 0 Å². The van der Waals surface area contributed by atoms with E-state index in [1.54, 1.807) is 0 Å². The summed E-state index contributed by atoms with van der Waals surface area (Å²) in [5, 5.41) is 0.0863. The van der Waals surface area contributed by atoms with E-state index in [0.717, 1.165) is 0 Å². The molecule has 72 valence electrons. The average Bonchev–Trinajstić information content (AvgIpc) is 2.30. The van der Waals surface area contributed by atoms with E-state index in [-0.39, 0.29) is 11.8 Å². The maximum Gasteiger partial charge on any atom is 0.422 e. The third-order valence-corrected chi connectivity index (χ3v) is 3.18. The van der Waals surface area contributed by atoms with E-state index >= 15 is 0 Å². The van der Waals surface area contributed by atoms with Gasteiger partial charge in [-0.2, -0.15) is 13.2 Å². The lowest BCUT2D eigenvalue weighted by Crippen LogP contribution is -2.44. The first-order valence-corrected chi connectivity index (χ1v) is 4.85. The monoisotopic (exact) mass is 248 g/mol. The van der Waals surface area contributed by atoms with Gasteiger partial charge in [0.05, 0.1) is 0 Å². The minimum absolute atomic E-state index is 0.0863. The summed E-state index contributed by atoms with van der Waals surface area (Å²) in [4.78, 5) is 0. The number of hydrogen-bond acceptors (Lipinski definition) is 0. The van der Waals surface area contributed by atoms with Crippen LogP contribution < -0.4 is 0 Å². The second-order valence-corrected chi connectivity index (χ2v) is 3.75. The molecule has 0 saturated heterocycles. The van der Waals surface area contributed by atoms with Crippen molar-refractivity contribution in [1.29, 1.82) is 0 Å². The van der Waals surface area contributed by atoms with Crippen molar-refractivity contribution >= 4 is 15.9 Å². The molecule has 1 fully saturated rings. The molecule has 0 aromatic rings. The van der Waals surface area contributed by atoms with Crippen molar-refractivity contribution in [2.75, 3.05) is 5.33 Å². The highest BCUT2D eigenvalue weighted by molar-refractivity contribution is 9.09. The van der Waals surface area contributed by atoms with Crippen molar-refractivity contribution in [3.05, 3.63) is 0 Å². The summed E-state index contributed by atoms with van der Waals surface area (Å²) in [5.41, 5.74) is -2.95. The molecule has 0 amide bonds. The van der Waals surface area contributed by atoms with Crippen LogP contribution in [0.25, 0.3) is 0 Å². The van der Waals surface area contributed by atoms with E-state index < -0.39 is 17.8 Å². The molecule has 0 aromatic heterocycles. The summed E-state index contributed by atoms with van der Waals surface area (Å²) >= 11 is 2.90. The Kier molecular flexibility index (Phi) is 2.71. The molecule has 2 unspecified atom stereocenters. The van der Waals surface area contributed by atoms with E-state index in [9.17, 15) is 17.6 Å². The van der Waals surface area contributed by atoms with Crippen LogP contribution in [0.2, 0.25) is 0 Å². The van der Waals surface area contributed by atoms with Crippen molar-refractivity contribution in [2.24, 2.45) is 5.92 Å². The summed E-state index contributed by atoms with van der Waals surface area (Å²) < 4.78 is 49.9. The topological polar surface area (TPSA) is 0 Å². The van der Waals surface area contributed by atoms with E-state index in [1.807, 2.05) is 0 Å². The molecule has 0 heterocycles. The Morgan fingerprint density at radius 3 is 2.33 bits per heavy atom. The van der Waals surface area contributed by atoms with Gasteiger partial charge in [0.2, 0.25) is 5.67 Å². The van der Waals surface area contributed by atoms with Crippen LogP contribution in [0.5, 0.6) is 0 Å². The zero-order chi connectivity index (χ0) is 9.41. The molecule has 0 spiro atoms. The van der Waals surface area contributed by atoms with Gasteiger partial charge in [-0.1, -0.05) is 15.9 Å². The molecule has 1 rings (SSSR count). The lowest BCUT2D eigenvalue weighted by Gasteiger charge is -2.28.